The van der Waals surface area contributed by atoms with Gasteiger partial charge in [-0.2, -0.15) is 0 Å². The van der Waals surface area contributed by atoms with Gasteiger partial charge in [0.2, 0.25) is 0 Å². The van der Waals surface area contributed by atoms with Crippen LogP contribution in [0.4, 0.5) is 5.13 Å². The molecule has 22 heavy (non-hydrogen) atoms. The van der Waals surface area contributed by atoms with Crippen LogP contribution in [0.2, 0.25) is 5.02 Å². The van der Waals surface area contributed by atoms with E-state index in [1.54, 1.807) is 19.2 Å². The Morgan fingerprint density at radius 2 is 2.36 bits per heavy atom. The van der Waals surface area contributed by atoms with Crippen molar-refractivity contribution >= 4 is 34.0 Å². The van der Waals surface area contributed by atoms with Gasteiger partial charge in [-0.3, -0.25) is 10.1 Å². The maximum Gasteiger partial charge on any atom is 0.323 e. The second kappa shape index (κ2) is 8.12. The van der Waals surface area contributed by atoms with Crippen LogP contribution in [0.15, 0.2) is 30.5 Å². The first-order valence-corrected chi connectivity index (χ1v) is 8.12. The van der Waals surface area contributed by atoms with Gasteiger partial charge in [0.1, 0.15) is 6.04 Å². The molecule has 118 valence electrons. The maximum absolute atomic E-state index is 12.1. The van der Waals surface area contributed by atoms with Crippen LogP contribution in [-0.4, -0.2) is 23.6 Å². The number of hydrogen-bond acceptors (Lipinski definition) is 6. The number of hydrogen-bond donors (Lipinski definition) is 2. The summed E-state index contributed by atoms with van der Waals surface area (Å²) in [7, 11) is 0. The molecule has 1 unspecified atom stereocenters. The van der Waals surface area contributed by atoms with Gasteiger partial charge in [-0.1, -0.05) is 23.7 Å². The molecule has 0 saturated heterocycles. The van der Waals surface area contributed by atoms with Crippen molar-refractivity contribution in [2.24, 2.45) is 0 Å². The molecule has 0 spiro atoms. The minimum Gasteiger partial charge on any atom is -0.465 e. The first-order valence-electron chi connectivity index (χ1n) is 6.93. The molecule has 0 fully saturated rings. The predicted octanol–water partition coefficient (Wildman–Crippen LogP) is 2.64. The van der Waals surface area contributed by atoms with Crippen molar-refractivity contribution in [1.82, 2.24) is 10.3 Å². The fourth-order valence-corrected chi connectivity index (χ4v) is 2.86. The van der Waals surface area contributed by atoms with E-state index < -0.39 is 6.04 Å². The van der Waals surface area contributed by atoms with Gasteiger partial charge in [-0.25, -0.2) is 4.98 Å². The predicted molar refractivity (Wildman–Crippen MR) is 88.9 cm³/mol. The summed E-state index contributed by atoms with van der Waals surface area (Å²) in [5.41, 5.74) is 6.58. The lowest BCUT2D eigenvalue weighted by atomic mass is 10.1. The standard InChI is InChI=1S/C15H18ClN3O2S/c1-2-21-14(20)13(7-10-4-3-5-11(16)6-10)18-8-12-9-19-15(17)22-12/h3-6,9,13,18H,2,7-8H2,1H3,(H2,17,19). The molecular formula is C15H18ClN3O2S. The summed E-state index contributed by atoms with van der Waals surface area (Å²) in [6, 6.07) is 7.01. The number of aromatic nitrogens is 1. The highest BCUT2D eigenvalue weighted by Crippen LogP contribution is 2.16. The molecule has 2 aromatic rings. The van der Waals surface area contributed by atoms with Crippen LogP contribution >= 0.6 is 22.9 Å². The first kappa shape index (κ1) is 16.7. The van der Waals surface area contributed by atoms with Crippen LogP contribution in [-0.2, 0) is 22.5 Å². The van der Waals surface area contributed by atoms with Crippen LogP contribution in [0.1, 0.15) is 17.4 Å². The van der Waals surface area contributed by atoms with Crippen LogP contribution < -0.4 is 11.1 Å². The molecule has 0 saturated carbocycles. The number of halogens is 1. The first-order chi connectivity index (χ1) is 10.6. The van der Waals surface area contributed by atoms with E-state index in [4.69, 9.17) is 22.1 Å². The molecule has 1 aromatic carbocycles. The lowest BCUT2D eigenvalue weighted by Crippen LogP contribution is -2.39. The Bertz CT molecular complexity index is 633. The van der Waals surface area contributed by atoms with Crippen LogP contribution in [0.25, 0.3) is 0 Å². The zero-order chi connectivity index (χ0) is 15.9. The van der Waals surface area contributed by atoms with Gasteiger partial charge < -0.3 is 10.5 Å². The highest BCUT2D eigenvalue weighted by molar-refractivity contribution is 7.15. The fourth-order valence-electron chi connectivity index (χ4n) is 2.01. The van der Waals surface area contributed by atoms with E-state index in [0.717, 1.165) is 10.4 Å². The van der Waals surface area contributed by atoms with Gasteiger partial charge in [0.05, 0.1) is 6.61 Å². The average Bonchev–Trinajstić information content (AvgIpc) is 2.89. The number of benzene rings is 1. The molecule has 1 atom stereocenters. The third-order valence-corrected chi connectivity index (χ3v) is 4.06. The topological polar surface area (TPSA) is 77.2 Å². The minimum absolute atomic E-state index is 0.278. The SMILES string of the molecule is CCOC(=O)C(Cc1cccc(Cl)c1)NCc1cnc(N)s1. The van der Waals surface area contributed by atoms with Gasteiger partial charge >= 0.3 is 5.97 Å². The zero-order valence-electron chi connectivity index (χ0n) is 12.2. The molecule has 0 aliphatic carbocycles. The molecule has 7 heteroatoms. The second-order valence-corrected chi connectivity index (χ2v) is 6.27. The van der Waals surface area contributed by atoms with E-state index in [2.05, 4.69) is 10.3 Å². The number of nitrogens with zero attached hydrogens (tertiary/aromatic N) is 1. The largest absolute Gasteiger partial charge is 0.465 e. The number of carbonyl (C=O) groups is 1. The summed E-state index contributed by atoms with van der Waals surface area (Å²) in [5.74, 6) is -0.278. The maximum atomic E-state index is 12.1. The molecule has 0 radical (unpaired) electrons. The van der Waals surface area contributed by atoms with Crippen molar-refractivity contribution in [3.63, 3.8) is 0 Å². The van der Waals surface area contributed by atoms with Gasteiger partial charge in [-0.15, -0.1) is 11.3 Å². The number of esters is 1. The number of carbonyl (C=O) groups excluding carboxylic acids is 1. The number of rotatable bonds is 7. The lowest BCUT2D eigenvalue weighted by molar-refractivity contribution is -0.145. The Kier molecular flexibility index (Phi) is 6.18. The average molecular weight is 340 g/mol. The fraction of sp³-hybridized carbons (Fsp3) is 0.333. The Hall–Kier alpha value is -1.63. The van der Waals surface area contributed by atoms with E-state index in [0.29, 0.717) is 29.7 Å². The Morgan fingerprint density at radius 1 is 1.55 bits per heavy atom. The zero-order valence-corrected chi connectivity index (χ0v) is 13.8. The summed E-state index contributed by atoms with van der Waals surface area (Å²) < 4.78 is 5.13. The number of nitrogens with two attached hydrogens (primary N) is 1. The number of ether oxygens (including phenoxy) is 1. The molecule has 5 nitrogen and oxygen atoms in total. The van der Waals surface area contributed by atoms with E-state index >= 15 is 0 Å². The number of thiazole rings is 1. The second-order valence-electron chi connectivity index (χ2n) is 4.68. The number of nitrogen functional groups attached to an aromatic ring is 1. The third-order valence-electron chi connectivity index (χ3n) is 2.99. The third kappa shape index (κ3) is 4.98. The minimum atomic E-state index is -0.443. The van der Waals surface area contributed by atoms with Gasteiger partial charge in [0.15, 0.2) is 5.13 Å². The van der Waals surface area contributed by atoms with Crippen molar-refractivity contribution in [3.05, 3.63) is 45.9 Å². The summed E-state index contributed by atoms with van der Waals surface area (Å²) >= 11 is 7.38. The number of nitrogens with one attached hydrogen (secondary N) is 1. The molecular weight excluding hydrogens is 322 g/mol. The molecule has 0 aliphatic rings. The smallest absolute Gasteiger partial charge is 0.323 e. The summed E-state index contributed by atoms with van der Waals surface area (Å²) in [5, 5.41) is 4.36. The Morgan fingerprint density at radius 3 is 3.00 bits per heavy atom. The van der Waals surface area contributed by atoms with E-state index in [1.165, 1.54) is 11.3 Å². The van der Waals surface area contributed by atoms with Crippen LogP contribution in [0, 0.1) is 0 Å². The van der Waals surface area contributed by atoms with Gasteiger partial charge in [0, 0.05) is 22.6 Å². The Balaban J connectivity index is 2.03. The quantitative estimate of drug-likeness (QED) is 0.758. The molecule has 2 rings (SSSR count). The molecule has 3 N–H and O–H groups in total. The van der Waals surface area contributed by atoms with Crippen LogP contribution in [0.3, 0.4) is 0 Å². The van der Waals surface area contributed by atoms with Crippen molar-refractivity contribution < 1.29 is 9.53 Å². The summed E-state index contributed by atoms with van der Waals surface area (Å²) in [6.45, 7) is 2.65. The van der Waals surface area contributed by atoms with Crippen molar-refractivity contribution in [1.29, 1.82) is 0 Å². The summed E-state index contributed by atoms with van der Waals surface area (Å²) in [4.78, 5) is 17.1. The van der Waals surface area contributed by atoms with Crippen molar-refractivity contribution in [2.45, 2.75) is 25.9 Å². The van der Waals surface area contributed by atoms with Crippen molar-refractivity contribution in [3.8, 4) is 0 Å². The van der Waals surface area contributed by atoms with E-state index in [-0.39, 0.29) is 5.97 Å². The Labute approximate surface area is 138 Å². The van der Waals surface area contributed by atoms with Gasteiger partial charge in [0.25, 0.3) is 0 Å². The molecule has 0 aliphatic heterocycles. The molecule has 1 heterocycles. The van der Waals surface area contributed by atoms with E-state index in [9.17, 15) is 4.79 Å². The monoisotopic (exact) mass is 339 g/mol. The highest BCUT2D eigenvalue weighted by atomic mass is 35.5. The summed E-state index contributed by atoms with van der Waals surface area (Å²) in [6.07, 6.45) is 2.21. The number of anilines is 1. The molecule has 0 bridgehead atoms. The lowest BCUT2D eigenvalue weighted by Gasteiger charge is -2.17. The normalized spacial score (nSPS) is 12.1. The van der Waals surface area contributed by atoms with Crippen LogP contribution in [0.5, 0.6) is 0 Å². The van der Waals surface area contributed by atoms with Gasteiger partial charge in [-0.05, 0) is 31.0 Å². The highest BCUT2D eigenvalue weighted by Gasteiger charge is 2.20. The van der Waals surface area contributed by atoms with E-state index in [1.807, 2.05) is 18.2 Å². The molecule has 1 aromatic heterocycles. The van der Waals surface area contributed by atoms with Crippen molar-refractivity contribution in [2.75, 3.05) is 12.3 Å². The molecule has 0 amide bonds.